The molecule has 4 heteroatoms. The molecule has 0 fully saturated rings. The molecule has 0 spiro atoms. The molecule has 0 saturated carbocycles. The van der Waals surface area contributed by atoms with Gasteiger partial charge in [-0.1, -0.05) is 6.07 Å². The van der Waals surface area contributed by atoms with Crippen molar-refractivity contribution in [2.45, 2.75) is 26.7 Å². The zero-order valence-electron chi connectivity index (χ0n) is 12.7. The van der Waals surface area contributed by atoms with Crippen molar-refractivity contribution in [2.24, 2.45) is 0 Å². The van der Waals surface area contributed by atoms with Crippen molar-refractivity contribution in [1.82, 2.24) is 0 Å². The molecule has 0 radical (unpaired) electrons. The number of ketones is 1. The van der Waals surface area contributed by atoms with Gasteiger partial charge in [0, 0.05) is 24.1 Å². The maximum Gasteiger partial charge on any atom is 0.224 e. The van der Waals surface area contributed by atoms with E-state index in [4.69, 9.17) is 0 Å². The van der Waals surface area contributed by atoms with Crippen LogP contribution in [-0.2, 0) is 4.79 Å². The van der Waals surface area contributed by atoms with Gasteiger partial charge in [-0.25, -0.2) is 4.39 Å². The van der Waals surface area contributed by atoms with Crippen molar-refractivity contribution in [3.63, 3.8) is 0 Å². The van der Waals surface area contributed by atoms with Crippen LogP contribution in [-0.4, -0.2) is 11.7 Å². The number of amides is 1. The maximum atomic E-state index is 12.8. The van der Waals surface area contributed by atoms with E-state index in [1.54, 1.807) is 0 Å². The summed E-state index contributed by atoms with van der Waals surface area (Å²) in [6.45, 7) is 3.98. The van der Waals surface area contributed by atoms with Gasteiger partial charge in [0.05, 0.1) is 0 Å². The summed E-state index contributed by atoms with van der Waals surface area (Å²) in [5, 5.41) is 2.77. The molecule has 2 aromatic carbocycles. The summed E-state index contributed by atoms with van der Waals surface area (Å²) < 4.78 is 12.8. The van der Waals surface area contributed by atoms with Crippen molar-refractivity contribution in [3.8, 4) is 0 Å². The Bertz CT molecular complexity index is 693. The molecule has 3 nitrogen and oxygen atoms in total. The fraction of sp³-hybridized carbons (Fsp3) is 0.222. The number of hydrogen-bond acceptors (Lipinski definition) is 2. The minimum Gasteiger partial charge on any atom is -0.326 e. The predicted molar refractivity (Wildman–Crippen MR) is 84.5 cm³/mol. The summed E-state index contributed by atoms with van der Waals surface area (Å²) in [6, 6.07) is 11.0. The van der Waals surface area contributed by atoms with Gasteiger partial charge >= 0.3 is 0 Å². The molecule has 0 heterocycles. The van der Waals surface area contributed by atoms with E-state index in [0.717, 1.165) is 16.8 Å². The lowest BCUT2D eigenvalue weighted by Crippen LogP contribution is -2.13. The highest BCUT2D eigenvalue weighted by Crippen LogP contribution is 2.15. The SMILES string of the molecule is Cc1ccc(NC(=O)CCC(=O)c2ccc(F)cc2)cc1C. The number of carbonyl (C=O) groups excluding carboxylic acids is 2. The molecule has 1 N–H and O–H groups in total. The average molecular weight is 299 g/mol. The molecule has 114 valence electrons. The summed E-state index contributed by atoms with van der Waals surface area (Å²) in [7, 11) is 0. The van der Waals surface area contributed by atoms with E-state index in [0.29, 0.717) is 5.56 Å². The molecule has 0 aliphatic rings. The molecule has 0 aliphatic carbocycles. The molecule has 2 aromatic rings. The number of Topliss-reactive ketones (excluding diaryl/α,β-unsaturated/α-hetero) is 1. The maximum absolute atomic E-state index is 12.8. The van der Waals surface area contributed by atoms with Gasteiger partial charge in [-0.15, -0.1) is 0 Å². The fourth-order valence-corrected chi connectivity index (χ4v) is 2.05. The number of halogens is 1. The third kappa shape index (κ3) is 4.25. The number of hydrogen-bond donors (Lipinski definition) is 1. The van der Waals surface area contributed by atoms with E-state index in [-0.39, 0.29) is 30.3 Å². The Morgan fingerprint density at radius 1 is 0.955 bits per heavy atom. The largest absolute Gasteiger partial charge is 0.326 e. The first-order valence-electron chi connectivity index (χ1n) is 7.11. The van der Waals surface area contributed by atoms with E-state index < -0.39 is 0 Å². The van der Waals surface area contributed by atoms with E-state index in [9.17, 15) is 14.0 Å². The summed E-state index contributed by atoms with van der Waals surface area (Å²) >= 11 is 0. The molecule has 0 saturated heterocycles. The van der Waals surface area contributed by atoms with Crippen LogP contribution in [0.4, 0.5) is 10.1 Å². The molecule has 0 aromatic heterocycles. The topological polar surface area (TPSA) is 46.2 Å². The Hall–Kier alpha value is -2.49. The molecule has 0 unspecified atom stereocenters. The molecule has 1 amide bonds. The molecular weight excluding hydrogens is 281 g/mol. The highest BCUT2D eigenvalue weighted by molar-refractivity contribution is 6.00. The highest BCUT2D eigenvalue weighted by atomic mass is 19.1. The highest BCUT2D eigenvalue weighted by Gasteiger charge is 2.10. The minimum absolute atomic E-state index is 0.0995. The average Bonchev–Trinajstić information content (AvgIpc) is 2.49. The molecule has 0 aliphatic heterocycles. The van der Waals surface area contributed by atoms with Gasteiger partial charge in [-0.3, -0.25) is 9.59 Å². The first kappa shape index (κ1) is 15.9. The summed E-state index contributed by atoms with van der Waals surface area (Å²) in [4.78, 5) is 23.8. The van der Waals surface area contributed by atoms with Gasteiger partial charge in [-0.2, -0.15) is 0 Å². The smallest absolute Gasteiger partial charge is 0.224 e. The van der Waals surface area contributed by atoms with Crippen molar-refractivity contribution in [1.29, 1.82) is 0 Å². The van der Waals surface area contributed by atoms with Gasteiger partial charge in [0.15, 0.2) is 5.78 Å². The van der Waals surface area contributed by atoms with E-state index >= 15 is 0 Å². The molecule has 0 bridgehead atoms. The second-order valence-electron chi connectivity index (χ2n) is 5.28. The monoisotopic (exact) mass is 299 g/mol. The van der Waals surface area contributed by atoms with Crippen molar-refractivity contribution >= 4 is 17.4 Å². The van der Waals surface area contributed by atoms with Gasteiger partial charge in [-0.05, 0) is 61.4 Å². The lowest BCUT2D eigenvalue weighted by molar-refractivity contribution is -0.116. The summed E-state index contributed by atoms with van der Waals surface area (Å²) in [6.07, 6.45) is 0.200. The molecular formula is C18H18FNO2. The normalized spacial score (nSPS) is 10.3. The third-order valence-corrected chi connectivity index (χ3v) is 3.54. The van der Waals surface area contributed by atoms with Crippen LogP contribution >= 0.6 is 0 Å². The van der Waals surface area contributed by atoms with Crippen LogP contribution in [0, 0.1) is 19.7 Å². The van der Waals surface area contributed by atoms with Crippen molar-refractivity contribution < 1.29 is 14.0 Å². The van der Waals surface area contributed by atoms with E-state index in [2.05, 4.69) is 5.32 Å². The van der Waals surface area contributed by atoms with E-state index in [1.807, 2.05) is 32.0 Å². The Morgan fingerprint density at radius 3 is 2.27 bits per heavy atom. The second-order valence-corrected chi connectivity index (χ2v) is 5.28. The lowest BCUT2D eigenvalue weighted by Gasteiger charge is -2.07. The third-order valence-electron chi connectivity index (χ3n) is 3.54. The number of aryl methyl sites for hydroxylation is 2. The summed E-state index contributed by atoms with van der Waals surface area (Å²) in [5.74, 6) is -0.766. The molecule has 22 heavy (non-hydrogen) atoms. The van der Waals surface area contributed by atoms with Gasteiger partial charge in [0.25, 0.3) is 0 Å². The Morgan fingerprint density at radius 2 is 1.64 bits per heavy atom. The van der Waals surface area contributed by atoms with Crippen LogP contribution in [0.3, 0.4) is 0 Å². The number of carbonyl (C=O) groups is 2. The van der Waals surface area contributed by atoms with Gasteiger partial charge < -0.3 is 5.32 Å². The van der Waals surface area contributed by atoms with Crippen molar-refractivity contribution in [2.75, 3.05) is 5.32 Å². The Labute approximate surface area is 129 Å². The van der Waals surface area contributed by atoms with Gasteiger partial charge in [0.2, 0.25) is 5.91 Å². The quantitative estimate of drug-likeness (QED) is 0.847. The Kier molecular flexibility index (Phi) is 5.04. The predicted octanol–water partition coefficient (Wildman–Crippen LogP) is 4.04. The number of anilines is 1. The molecule has 0 atom stereocenters. The first-order valence-corrected chi connectivity index (χ1v) is 7.11. The van der Waals surface area contributed by atoms with Crippen LogP contribution in [0.5, 0.6) is 0 Å². The lowest BCUT2D eigenvalue weighted by atomic mass is 10.1. The number of benzene rings is 2. The van der Waals surface area contributed by atoms with Crippen LogP contribution < -0.4 is 5.32 Å². The van der Waals surface area contributed by atoms with Crippen LogP contribution in [0.2, 0.25) is 0 Å². The zero-order chi connectivity index (χ0) is 16.1. The molecule has 2 rings (SSSR count). The number of rotatable bonds is 5. The minimum atomic E-state index is -0.385. The van der Waals surface area contributed by atoms with Gasteiger partial charge in [0.1, 0.15) is 5.82 Å². The van der Waals surface area contributed by atoms with Crippen LogP contribution in [0.15, 0.2) is 42.5 Å². The first-order chi connectivity index (χ1) is 10.5. The van der Waals surface area contributed by atoms with Crippen molar-refractivity contribution in [3.05, 3.63) is 65.0 Å². The zero-order valence-corrected chi connectivity index (χ0v) is 12.7. The number of nitrogens with one attached hydrogen (secondary N) is 1. The second kappa shape index (κ2) is 6.98. The Balaban J connectivity index is 1.88. The summed E-state index contributed by atoms with van der Waals surface area (Å²) in [5.41, 5.74) is 3.40. The fourth-order valence-electron chi connectivity index (χ4n) is 2.05. The van der Waals surface area contributed by atoms with Crippen LogP contribution in [0.25, 0.3) is 0 Å². The standard InChI is InChI=1S/C18H18FNO2/c1-12-3-8-16(11-13(12)2)20-18(22)10-9-17(21)14-4-6-15(19)7-5-14/h3-8,11H,9-10H2,1-2H3,(H,20,22). The van der Waals surface area contributed by atoms with E-state index in [1.165, 1.54) is 24.3 Å². The van der Waals surface area contributed by atoms with Crippen LogP contribution in [0.1, 0.15) is 34.3 Å².